The van der Waals surface area contributed by atoms with Crippen LogP contribution in [0.3, 0.4) is 0 Å². The summed E-state index contributed by atoms with van der Waals surface area (Å²) in [6, 6.07) is 4.27. The maximum Gasteiger partial charge on any atom is 0.185 e. The minimum absolute atomic E-state index is 0.291. The molecule has 2 aromatic rings. The molecule has 0 saturated carbocycles. The lowest BCUT2D eigenvalue weighted by atomic mass is 10.0. The summed E-state index contributed by atoms with van der Waals surface area (Å²) in [7, 11) is 2.09. The first-order valence-corrected chi connectivity index (χ1v) is 8.35. The van der Waals surface area contributed by atoms with Gasteiger partial charge in [-0.05, 0) is 37.1 Å². The molecule has 1 aliphatic carbocycles. The fourth-order valence-corrected chi connectivity index (χ4v) is 4.19. The molecule has 1 N–H and O–H groups in total. The van der Waals surface area contributed by atoms with Crippen LogP contribution in [-0.2, 0) is 12.8 Å². The van der Waals surface area contributed by atoms with Crippen LogP contribution in [0, 0.1) is 0 Å². The number of thiophene rings is 1. The van der Waals surface area contributed by atoms with Gasteiger partial charge in [-0.1, -0.05) is 17.4 Å². The van der Waals surface area contributed by atoms with E-state index in [1.165, 1.54) is 4.88 Å². The van der Waals surface area contributed by atoms with Gasteiger partial charge in [0.2, 0.25) is 0 Å². The van der Waals surface area contributed by atoms with Crippen molar-refractivity contribution in [1.82, 2.24) is 4.98 Å². The number of anilines is 1. The summed E-state index contributed by atoms with van der Waals surface area (Å²) in [5.74, 6) is 0. The van der Waals surface area contributed by atoms with E-state index in [0.29, 0.717) is 0 Å². The molecule has 0 aliphatic heterocycles. The highest BCUT2D eigenvalue weighted by Gasteiger charge is 2.23. The highest BCUT2D eigenvalue weighted by Crippen LogP contribution is 2.37. The number of aromatic nitrogens is 1. The maximum absolute atomic E-state index is 9.99. The van der Waals surface area contributed by atoms with Crippen LogP contribution in [0.1, 0.15) is 34.4 Å². The number of thiazole rings is 1. The van der Waals surface area contributed by atoms with Gasteiger partial charge in [0.05, 0.1) is 16.7 Å². The minimum atomic E-state index is -0.291. The molecule has 0 aromatic carbocycles. The zero-order valence-electron chi connectivity index (χ0n) is 11.0. The first-order chi connectivity index (χ1) is 9.24. The molecule has 5 heteroatoms. The average Bonchev–Trinajstić information content (AvgIpc) is 3.05. The van der Waals surface area contributed by atoms with Crippen LogP contribution in [0.4, 0.5) is 5.13 Å². The molecule has 0 amide bonds. The van der Waals surface area contributed by atoms with Gasteiger partial charge in [-0.25, -0.2) is 4.98 Å². The summed E-state index contributed by atoms with van der Waals surface area (Å²) in [5, 5.41) is 13.2. The second kappa shape index (κ2) is 5.61. The van der Waals surface area contributed by atoms with E-state index in [1.807, 2.05) is 0 Å². The molecule has 2 aromatic heterocycles. The van der Waals surface area contributed by atoms with Gasteiger partial charge in [0, 0.05) is 18.5 Å². The summed E-state index contributed by atoms with van der Waals surface area (Å²) >= 11 is 3.46. The van der Waals surface area contributed by atoms with Crippen molar-refractivity contribution in [3.8, 4) is 0 Å². The molecule has 3 nitrogen and oxygen atoms in total. The molecule has 1 atom stereocenters. The van der Waals surface area contributed by atoms with E-state index in [1.54, 1.807) is 22.7 Å². The third-order valence-corrected chi connectivity index (χ3v) is 5.76. The first-order valence-electron chi connectivity index (χ1n) is 6.65. The Labute approximate surface area is 121 Å². The Morgan fingerprint density at radius 1 is 1.53 bits per heavy atom. The minimum Gasteiger partial charge on any atom is -0.388 e. The van der Waals surface area contributed by atoms with Crippen molar-refractivity contribution >= 4 is 27.8 Å². The van der Waals surface area contributed by atoms with Gasteiger partial charge < -0.3 is 10.0 Å². The molecule has 0 saturated heterocycles. The van der Waals surface area contributed by atoms with Crippen molar-refractivity contribution in [2.75, 3.05) is 18.5 Å². The van der Waals surface area contributed by atoms with Gasteiger partial charge in [-0.2, -0.15) is 0 Å². The van der Waals surface area contributed by atoms with E-state index >= 15 is 0 Å². The maximum atomic E-state index is 9.99. The van der Waals surface area contributed by atoms with E-state index < -0.39 is 0 Å². The van der Waals surface area contributed by atoms with Gasteiger partial charge in [0.1, 0.15) is 0 Å². The zero-order valence-corrected chi connectivity index (χ0v) is 12.6. The molecular formula is C14H18N2OS2. The third kappa shape index (κ3) is 2.83. The van der Waals surface area contributed by atoms with Crippen molar-refractivity contribution in [3.63, 3.8) is 0 Å². The third-order valence-electron chi connectivity index (χ3n) is 3.51. The summed E-state index contributed by atoms with van der Waals surface area (Å²) in [5.41, 5.74) is 1.11. The van der Waals surface area contributed by atoms with Gasteiger partial charge in [-0.3, -0.25) is 0 Å². The molecule has 0 fully saturated rings. The standard InChI is InChI=1S/C14H18N2OS2/c1-16(8-7-10-4-3-9-18-10)14-15-11-5-2-6-12(17)13(11)19-14/h3-4,9,12,17H,2,5-8H2,1H3. The number of likely N-dealkylation sites (N-methyl/N-ethyl adjacent to an activating group) is 1. The number of rotatable bonds is 4. The number of aliphatic hydroxyl groups is 1. The number of aryl methyl sites for hydroxylation is 1. The Morgan fingerprint density at radius 2 is 2.42 bits per heavy atom. The molecule has 19 heavy (non-hydrogen) atoms. The predicted octanol–water partition coefficient (Wildman–Crippen LogP) is 3.25. The van der Waals surface area contributed by atoms with Gasteiger partial charge in [0.15, 0.2) is 5.13 Å². The molecule has 2 heterocycles. The molecule has 102 valence electrons. The highest BCUT2D eigenvalue weighted by molar-refractivity contribution is 7.15. The van der Waals surface area contributed by atoms with Crippen molar-refractivity contribution in [2.45, 2.75) is 31.8 Å². The van der Waals surface area contributed by atoms with Crippen LogP contribution >= 0.6 is 22.7 Å². The SMILES string of the molecule is CN(CCc1cccs1)c1nc2c(s1)C(O)CCC2. The quantitative estimate of drug-likeness (QED) is 0.940. The largest absolute Gasteiger partial charge is 0.388 e. The lowest BCUT2D eigenvalue weighted by Crippen LogP contribution is -2.19. The van der Waals surface area contributed by atoms with Gasteiger partial charge >= 0.3 is 0 Å². The van der Waals surface area contributed by atoms with Crippen LogP contribution in [0.15, 0.2) is 17.5 Å². The first kappa shape index (κ1) is 13.1. The fourth-order valence-electron chi connectivity index (χ4n) is 2.38. The molecule has 0 spiro atoms. The number of hydrogen-bond acceptors (Lipinski definition) is 5. The summed E-state index contributed by atoms with van der Waals surface area (Å²) < 4.78 is 0. The highest BCUT2D eigenvalue weighted by atomic mass is 32.1. The second-order valence-electron chi connectivity index (χ2n) is 4.97. The van der Waals surface area contributed by atoms with E-state index in [4.69, 9.17) is 0 Å². The Balaban J connectivity index is 1.68. The van der Waals surface area contributed by atoms with Crippen LogP contribution in [-0.4, -0.2) is 23.7 Å². The summed E-state index contributed by atoms with van der Waals surface area (Å²) in [6.45, 7) is 0.975. The van der Waals surface area contributed by atoms with Gasteiger partial charge in [-0.15, -0.1) is 11.3 Å². The number of hydrogen-bond donors (Lipinski definition) is 1. The molecule has 0 bridgehead atoms. The van der Waals surface area contributed by atoms with Crippen molar-refractivity contribution in [3.05, 3.63) is 33.0 Å². The lowest BCUT2D eigenvalue weighted by molar-refractivity contribution is 0.160. The molecule has 1 unspecified atom stereocenters. The Morgan fingerprint density at radius 3 is 3.16 bits per heavy atom. The Bertz CT molecular complexity index is 536. The Hall–Kier alpha value is -0.910. The van der Waals surface area contributed by atoms with Crippen LogP contribution in [0.25, 0.3) is 0 Å². The molecule has 1 aliphatic rings. The second-order valence-corrected chi connectivity index (χ2v) is 7.01. The Kier molecular flexibility index (Phi) is 3.86. The lowest BCUT2D eigenvalue weighted by Gasteiger charge is -2.15. The molecule has 0 radical (unpaired) electrons. The smallest absolute Gasteiger partial charge is 0.185 e. The number of aliphatic hydroxyl groups excluding tert-OH is 1. The normalized spacial score (nSPS) is 18.3. The van der Waals surface area contributed by atoms with Gasteiger partial charge in [0.25, 0.3) is 0 Å². The van der Waals surface area contributed by atoms with Crippen LogP contribution in [0.2, 0.25) is 0 Å². The predicted molar refractivity (Wildman–Crippen MR) is 81.3 cm³/mol. The zero-order chi connectivity index (χ0) is 13.2. The summed E-state index contributed by atoms with van der Waals surface area (Å²) in [6.07, 6.45) is 3.72. The van der Waals surface area contributed by atoms with E-state index in [9.17, 15) is 5.11 Å². The van der Waals surface area contributed by atoms with E-state index in [0.717, 1.165) is 47.9 Å². The van der Waals surface area contributed by atoms with Crippen molar-refractivity contribution < 1.29 is 5.11 Å². The topological polar surface area (TPSA) is 36.4 Å². The van der Waals surface area contributed by atoms with E-state index in [-0.39, 0.29) is 6.10 Å². The molecule has 3 rings (SSSR count). The van der Waals surface area contributed by atoms with Crippen molar-refractivity contribution in [2.24, 2.45) is 0 Å². The monoisotopic (exact) mass is 294 g/mol. The molecular weight excluding hydrogens is 276 g/mol. The van der Waals surface area contributed by atoms with Crippen molar-refractivity contribution in [1.29, 1.82) is 0 Å². The number of fused-ring (bicyclic) bond motifs is 1. The average molecular weight is 294 g/mol. The van der Waals surface area contributed by atoms with Crippen LogP contribution in [0.5, 0.6) is 0 Å². The fraction of sp³-hybridized carbons (Fsp3) is 0.500. The van der Waals surface area contributed by atoms with E-state index in [2.05, 4.69) is 34.4 Å². The van der Waals surface area contributed by atoms with Crippen LogP contribution < -0.4 is 4.90 Å². The number of nitrogens with zero attached hydrogens (tertiary/aromatic N) is 2. The summed E-state index contributed by atoms with van der Waals surface area (Å²) in [4.78, 5) is 9.39.